The van der Waals surface area contributed by atoms with Crippen LogP contribution in [0.3, 0.4) is 0 Å². The molecule has 0 aromatic carbocycles. The van der Waals surface area contributed by atoms with Crippen LogP contribution in [0.2, 0.25) is 0 Å². The summed E-state index contributed by atoms with van der Waals surface area (Å²) in [6.07, 6.45) is 13.8. The highest BCUT2D eigenvalue weighted by Crippen LogP contribution is 2.14. The SMILES string of the molecule is CCCCCCCCCCCC(=O)NOC(=O)C(C)(CCC)NCCC. The van der Waals surface area contributed by atoms with Gasteiger partial charge >= 0.3 is 5.97 Å². The maximum atomic E-state index is 12.3. The highest BCUT2D eigenvalue weighted by Gasteiger charge is 2.34. The summed E-state index contributed by atoms with van der Waals surface area (Å²) in [6.45, 7) is 8.90. The summed E-state index contributed by atoms with van der Waals surface area (Å²) in [5.41, 5.74) is 1.58. The van der Waals surface area contributed by atoms with Crippen molar-refractivity contribution in [3.05, 3.63) is 0 Å². The molecule has 154 valence electrons. The van der Waals surface area contributed by atoms with Crippen LogP contribution in [0.1, 0.15) is 111 Å². The van der Waals surface area contributed by atoms with Gasteiger partial charge in [0.15, 0.2) is 0 Å². The van der Waals surface area contributed by atoms with E-state index in [0.717, 1.165) is 32.2 Å². The highest BCUT2D eigenvalue weighted by atomic mass is 16.7. The van der Waals surface area contributed by atoms with E-state index in [1.807, 2.05) is 13.8 Å². The van der Waals surface area contributed by atoms with E-state index in [1.165, 1.54) is 44.9 Å². The van der Waals surface area contributed by atoms with Crippen molar-refractivity contribution < 1.29 is 14.4 Å². The quantitative estimate of drug-likeness (QED) is 0.295. The Hall–Kier alpha value is -1.10. The fourth-order valence-corrected chi connectivity index (χ4v) is 3.03. The van der Waals surface area contributed by atoms with E-state index in [4.69, 9.17) is 4.84 Å². The van der Waals surface area contributed by atoms with Crippen molar-refractivity contribution in [3.63, 3.8) is 0 Å². The largest absolute Gasteiger partial charge is 0.351 e. The number of hydrogen-bond acceptors (Lipinski definition) is 4. The zero-order valence-electron chi connectivity index (χ0n) is 17.6. The van der Waals surface area contributed by atoms with Crippen LogP contribution in [0.15, 0.2) is 0 Å². The summed E-state index contributed by atoms with van der Waals surface area (Å²) in [7, 11) is 0. The van der Waals surface area contributed by atoms with E-state index in [1.54, 1.807) is 0 Å². The molecule has 0 bridgehead atoms. The van der Waals surface area contributed by atoms with Crippen molar-refractivity contribution in [1.82, 2.24) is 10.8 Å². The van der Waals surface area contributed by atoms with Crippen LogP contribution in [0.4, 0.5) is 0 Å². The van der Waals surface area contributed by atoms with E-state index in [0.29, 0.717) is 12.8 Å². The molecule has 0 aromatic rings. The molecule has 0 radical (unpaired) electrons. The molecule has 0 aromatic heterocycles. The maximum Gasteiger partial charge on any atom is 0.351 e. The van der Waals surface area contributed by atoms with Crippen molar-refractivity contribution in [2.45, 2.75) is 117 Å². The Kier molecular flexibility index (Phi) is 15.4. The molecule has 0 saturated carbocycles. The van der Waals surface area contributed by atoms with Crippen molar-refractivity contribution >= 4 is 11.9 Å². The topological polar surface area (TPSA) is 67.4 Å². The minimum Gasteiger partial charge on any atom is -0.339 e. The van der Waals surface area contributed by atoms with Crippen LogP contribution in [0.5, 0.6) is 0 Å². The molecule has 1 unspecified atom stereocenters. The first-order chi connectivity index (χ1) is 12.5. The van der Waals surface area contributed by atoms with Gasteiger partial charge in [0.05, 0.1) is 0 Å². The standard InChI is InChI=1S/C21H42N2O3/c1-5-8-9-10-11-12-13-14-15-16-19(24)23-26-20(25)21(4,17-6-2)22-18-7-3/h22H,5-18H2,1-4H3,(H,23,24). The number of unbranched alkanes of at least 4 members (excludes halogenated alkanes) is 8. The van der Waals surface area contributed by atoms with E-state index < -0.39 is 11.5 Å². The Morgan fingerprint density at radius 1 is 0.808 bits per heavy atom. The third-order valence-electron chi connectivity index (χ3n) is 4.73. The fraction of sp³-hybridized carbons (Fsp3) is 0.905. The van der Waals surface area contributed by atoms with E-state index in [-0.39, 0.29) is 5.91 Å². The number of carbonyl (C=O) groups excluding carboxylic acids is 2. The first-order valence-corrected chi connectivity index (χ1v) is 10.7. The lowest BCUT2D eigenvalue weighted by Crippen LogP contribution is -2.52. The molecular formula is C21H42N2O3. The predicted octanol–water partition coefficient (Wildman–Crippen LogP) is 5.04. The summed E-state index contributed by atoms with van der Waals surface area (Å²) in [5.74, 6) is -0.621. The van der Waals surface area contributed by atoms with Gasteiger partial charge in [-0.25, -0.2) is 4.79 Å². The molecule has 1 amide bonds. The Morgan fingerprint density at radius 2 is 1.38 bits per heavy atom. The Balaban J connectivity index is 3.84. The van der Waals surface area contributed by atoms with Gasteiger partial charge in [0.2, 0.25) is 0 Å². The van der Waals surface area contributed by atoms with Crippen molar-refractivity contribution in [3.8, 4) is 0 Å². The van der Waals surface area contributed by atoms with Gasteiger partial charge in [0.1, 0.15) is 5.54 Å². The van der Waals surface area contributed by atoms with Crippen LogP contribution in [0, 0.1) is 0 Å². The lowest BCUT2D eigenvalue weighted by atomic mass is 9.96. The second kappa shape index (κ2) is 16.1. The van der Waals surface area contributed by atoms with Crippen molar-refractivity contribution in [2.75, 3.05) is 6.54 Å². The van der Waals surface area contributed by atoms with Gasteiger partial charge in [-0.05, 0) is 32.7 Å². The van der Waals surface area contributed by atoms with E-state index in [9.17, 15) is 9.59 Å². The summed E-state index contributed by atoms with van der Waals surface area (Å²) >= 11 is 0. The lowest BCUT2D eigenvalue weighted by Gasteiger charge is -2.27. The first kappa shape index (κ1) is 24.9. The van der Waals surface area contributed by atoms with E-state index >= 15 is 0 Å². The molecule has 0 aliphatic heterocycles. The molecule has 26 heavy (non-hydrogen) atoms. The summed E-state index contributed by atoms with van der Waals surface area (Å²) in [5, 5.41) is 3.23. The predicted molar refractivity (Wildman–Crippen MR) is 108 cm³/mol. The van der Waals surface area contributed by atoms with Gasteiger partial charge in [-0.15, -0.1) is 0 Å². The Labute approximate surface area is 161 Å². The molecule has 0 saturated heterocycles. The molecule has 5 heteroatoms. The second-order valence-corrected chi connectivity index (χ2v) is 7.50. The minimum absolute atomic E-state index is 0.212. The number of rotatable bonds is 16. The van der Waals surface area contributed by atoms with Gasteiger partial charge in [0.25, 0.3) is 5.91 Å². The zero-order chi connectivity index (χ0) is 19.7. The van der Waals surface area contributed by atoms with E-state index in [2.05, 4.69) is 24.6 Å². The summed E-state index contributed by atoms with van der Waals surface area (Å²) in [4.78, 5) is 29.2. The molecule has 5 nitrogen and oxygen atoms in total. The van der Waals surface area contributed by atoms with Crippen LogP contribution in [-0.2, 0) is 14.4 Å². The van der Waals surface area contributed by atoms with Gasteiger partial charge in [-0.2, -0.15) is 5.48 Å². The van der Waals surface area contributed by atoms with Crippen LogP contribution < -0.4 is 10.8 Å². The molecule has 0 aliphatic rings. The first-order valence-electron chi connectivity index (χ1n) is 10.7. The molecule has 0 fully saturated rings. The summed E-state index contributed by atoms with van der Waals surface area (Å²) < 4.78 is 0. The van der Waals surface area contributed by atoms with Crippen LogP contribution >= 0.6 is 0 Å². The minimum atomic E-state index is -0.740. The third-order valence-corrected chi connectivity index (χ3v) is 4.73. The second-order valence-electron chi connectivity index (χ2n) is 7.50. The lowest BCUT2D eigenvalue weighted by molar-refractivity contribution is -0.164. The van der Waals surface area contributed by atoms with Gasteiger partial charge < -0.3 is 10.2 Å². The molecule has 2 N–H and O–H groups in total. The monoisotopic (exact) mass is 370 g/mol. The number of hydrogen-bond donors (Lipinski definition) is 2. The molecule has 0 aliphatic carbocycles. The van der Waals surface area contributed by atoms with Crippen LogP contribution in [0.25, 0.3) is 0 Å². The van der Waals surface area contributed by atoms with Gasteiger partial charge in [-0.3, -0.25) is 4.79 Å². The zero-order valence-corrected chi connectivity index (χ0v) is 17.6. The smallest absolute Gasteiger partial charge is 0.339 e. The van der Waals surface area contributed by atoms with Gasteiger partial charge in [0, 0.05) is 6.42 Å². The van der Waals surface area contributed by atoms with Crippen molar-refractivity contribution in [2.24, 2.45) is 0 Å². The third kappa shape index (κ3) is 12.3. The number of amides is 1. The average molecular weight is 371 g/mol. The molecular weight excluding hydrogens is 328 g/mol. The van der Waals surface area contributed by atoms with Crippen LogP contribution in [-0.4, -0.2) is 24.0 Å². The number of nitrogens with one attached hydrogen (secondary N) is 2. The average Bonchev–Trinajstić information content (AvgIpc) is 2.63. The number of carbonyl (C=O) groups is 2. The van der Waals surface area contributed by atoms with Gasteiger partial charge in [-0.1, -0.05) is 78.6 Å². The van der Waals surface area contributed by atoms with Crippen molar-refractivity contribution in [1.29, 1.82) is 0 Å². The Bertz CT molecular complexity index is 374. The molecule has 0 spiro atoms. The molecule has 0 heterocycles. The maximum absolute atomic E-state index is 12.3. The molecule has 0 rings (SSSR count). The Morgan fingerprint density at radius 3 is 1.92 bits per heavy atom. The number of hydroxylamine groups is 1. The normalized spacial score (nSPS) is 13.2. The highest BCUT2D eigenvalue weighted by molar-refractivity contribution is 5.82. The molecule has 1 atom stereocenters. The summed E-state index contributed by atoms with van der Waals surface area (Å²) in [6, 6.07) is 0. The fourth-order valence-electron chi connectivity index (χ4n) is 3.03.